The molecule has 8 heteroatoms. The number of esters is 1. The van der Waals surface area contributed by atoms with Crippen molar-refractivity contribution in [3.05, 3.63) is 66.4 Å². The highest BCUT2D eigenvalue weighted by atomic mass is 32.2. The highest BCUT2D eigenvalue weighted by molar-refractivity contribution is 7.89. The number of nitrogens with zero attached hydrogens (tertiary/aromatic N) is 1. The number of rotatable bonds is 8. The van der Waals surface area contributed by atoms with E-state index in [4.69, 9.17) is 4.74 Å². The molecule has 4 rings (SSSR count). The van der Waals surface area contributed by atoms with Gasteiger partial charge < -0.3 is 14.6 Å². The van der Waals surface area contributed by atoms with Crippen LogP contribution in [0.25, 0.3) is 10.9 Å². The summed E-state index contributed by atoms with van der Waals surface area (Å²) in [6, 6.07) is 16.3. The van der Waals surface area contributed by atoms with E-state index in [9.17, 15) is 13.2 Å². The van der Waals surface area contributed by atoms with Gasteiger partial charge in [0.1, 0.15) is 0 Å². The largest absolute Gasteiger partial charge is 0.462 e. The van der Waals surface area contributed by atoms with E-state index < -0.39 is 10.0 Å². The van der Waals surface area contributed by atoms with Crippen LogP contribution in [0.3, 0.4) is 0 Å². The van der Waals surface area contributed by atoms with Gasteiger partial charge in [0.05, 0.1) is 17.1 Å². The number of nitrogens with one attached hydrogen (secondary N) is 2. The second kappa shape index (κ2) is 9.85. The Hall–Kier alpha value is -2.68. The molecule has 0 radical (unpaired) electrons. The minimum absolute atomic E-state index is 0.184. The molecule has 1 aliphatic rings. The van der Waals surface area contributed by atoms with Crippen molar-refractivity contribution in [3.63, 3.8) is 0 Å². The van der Waals surface area contributed by atoms with Crippen LogP contribution in [0.15, 0.2) is 65.7 Å². The van der Waals surface area contributed by atoms with Gasteiger partial charge in [0, 0.05) is 36.7 Å². The molecule has 2 heterocycles. The van der Waals surface area contributed by atoms with Crippen molar-refractivity contribution in [2.24, 2.45) is 13.0 Å². The van der Waals surface area contributed by atoms with Crippen LogP contribution in [-0.2, 0) is 21.8 Å². The van der Waals surface area contributed by atoms with Crippen molar-refractivity contribution in [2.75, 3.05) is 19.7 Å². The summed E-state index contributed by atoms with van der Waals surface area (Å²) >= 11 is 0. The standard InChI is InChI=1S/C24H29N3O4S/c1-27-16-22(21-9-5-6-10-23(21)27)24(28)31-17-18-11-13-25-19(15-18)12-14-26-32(29,30)20-7-3-2-4-8-20/h2-10,16,18-19,25-26H,11-15,17H2,1H3. The maximum atomic E-state index is 12.7. The molecule has 2 N–H and O–H groups in total. The Bertz CT molecular complexity index is 1170. The maximum absolute atomic E-state index is 12.7. The minimum atomic E-state index is -3.49. The summed E-state index contributed by atoms with van der Waals surface area (Å²) in [7, 11) is -1.57. The molecule has 2 unspecified atom stereocenters. The second-order valence-corrected chi connectivity index (χ2v) is 10.1. The fourth-order valence-corrected chi connectivity index (χ4v) is 5.36. The molecule has 1 aliphatic heterocycles. The SMILES string of the molecule is Cn1cc(C(=O)OCC2CCNC(CCNS(=O)(=O)c3ccccc3)C2)c2ccccc21. The minimum Gasteiger partial charge on any atom is -0.462 e. The van der Waals surface area contributed by atoms with E-state index in [0.717, 1.165) is 30.3 Å². The molecule has 1 fully saturated rings. The number of benzene rings is 2. The molecule has 2 aromatic carbocycles. The van der Waals surface area contributed by atoms with Gasteiger partial charge in [-0.25, -0.2) is 17.9 Å². The molecule has 0 bridgehead atoms. The lowest BCUT2D eigenvalue weighted by Gasteiger charge is -2.30. The number of para-hydroxylation sites is 1. The Balaban J connectivity index is 1.26. The molecule has 0 aliphatic carbocycles. The summed E-state index contributed by atoms with van der Waals surface area (Å²) in [6.07, 6.45) is 4.27. The summed E-state index contributed by atoms with van der Waals surface area (Å²) in [5.74, 6) is -0.0431. The molecule has 1 aromatic heterocycles. The topological polar surface area (TPSA) is 89.4 Å². The molecular weight excluding hydrogens is 426 g/mol. The van der Waals surface area contributed by atoms with Crippen LogP contribution >= 0.6 is 0 Å². The van der Waals surface area contributed by atoms with Gasteiger partial charge in [-0.2, -0.15) is 0 Å². The molecule has 0 saturated carbocycles. The number of aromatic nitrogens is 1. The monoisotopic (exact) mass is 455 g/mol. The molecule has 0 amide bonds. The lowest BCUT2D eigenvalue weighted by atomic mass is 9.91. The van der Waals surface area contributed by atoms with Crippen molar-refractivity contribution in [2.45, 2.75) is 30.2 Å². The van der Waals surface area contributed by atoms with E-state index in [2.05, 4.69) is 10.0 Å². The average Bonchev–Trinajstić information content (AvgIpc) is 3.15. The number of hydrogen-bond acceptors (Lipinski definition) is 5. The highest BCUT2D eigenvalue weighted by Gasteiger charge is 2.24. The number of sulfonamides is 1. The molecule has 2 atom stereocenters. The molecule has 7 nitrogen and oxygen atoms in total. The molecule has 32 heavy (non-hydrogen) atoms. The first kappa shape index (κ1) is 22.5. The lowest BCUT2D eigenvalue weighted by Crippen LogP contribution is -2.41. The summed E-state index contributed by atoms with van der Waals surface area (Å²) in [6.45, 7) is 1.56. The number of ether oxygens (including phenoxy) is 1. The zero-order chi connectivity index (χ0) is 22.6. The third kappa shape index (κ3) is 5.20. The Morgan fingerprint density at radius 3 is 2.72 bits per heavy atom. The van der Waals surface area contributed by atoms with Crippen molar-refractivity contribution >= 4 is 26.9 Å². The number of aryl methyl sites for hydroxylation is 1. The number of fused-ring (bicyclic) bond motifs is 1. The summed E-state index contributed by atoms with van der Waals surface area (Å²) in [5, 5.41) is 4.34. The molecule has 3 aromatic rings. The number of carbonyl (C=O) groups is 1. The quantitative estimate of drug-likeness (QED) is 0.510. The normalized spacial score (nSPS) is 19.2. The Morgan fingerprint density at radius 1 is 1.16 bits per heavy atom. The van der Waals surface area contributed by atoms with Gasteiger partial charge >= 0.3 is 5.97 Å². The predicted molar refractivity (Wildman–Crippen MR) is 124 cm³/mol. The number of piperidine rings is 1. The van der Waals surface area contributed by atoms with Gasteiger partial charge in [0.25, 0.3) is 0 Å². The zero-order valence-corrected chi connectivity index (χ0v) is 19.0. The first-order valence-corrected chi connectivity index (χ1v) is 12.4. The fraction of sp³-hybridized carbons (Fsp3) is 0.375. The van der Waals surface area contributed by atoms with E-state index >= 15 is 0 Å². The predicted octanol–water partition coefficient (Wildman–Crippen LogP) is 3.07. The van der Waals surface area contributed by atoms with Crippen LogP contribution in [0.5, 0.6) is 0 Å². The number of hydrogen-bond donors (Lipinski definition) is 2. The summed E-state index contributed by atoms with van der Waals surface area (Å²) < 4.78 is 35.0. The van der Waals surface area contributed by atoms with Crippen molar-refractivity contribution in [3.8, 4) is 0 Å². The molecular formula is C24H29N3O4S. The zero-order valence-electron chi connectivity index (χ0n) is 18.2. The smallest absolute Gasteiger partial charge is 0.340 e. The first-order valence-electron chi connectivity index (χ1n) is 10.9. The van der Waals surface area contributed by atoms with Crippen LogP contribution in [-0.4, -0.2) is 44.7 Å². The van der Waals surface area contributed by atoms with Gasteiger partial charge in [-0.3, -0.25) is 0 Å². The average molecular weight is 456 g/mol. The van der Waals surface area contributed by atoms with E-state index in [-0.39, 0.29) is 22.8 Å². The van der Waals surface area contributed by atoms with Crippen LogP contribution < -0.4 is 10.0 Å². The van der Waals surface area contributed by atoms with Crippen molar-refractivity contribution in [1.82, 2.24) is 14.6 Å². The van der Waals surface area contributed by atoms with Gasteiger partial charge in [0.2, 0.25) is 10.0 Å². The van der Waals surface area contributed by atoms with Crippen molar-refractivity contribution in [1.29, 1.82) is 0 Å². The fourth-order valence-electron chi connectivity index (χ4n) is 4.29. The first-order chi connectivity index (χ1) is 15.4. The lowest BCUT2D eigenvalue weighted by molar-refractivity contribution is 0.0401. The third-order valence-electron chi connectivity index (χ3n) is 6.01. The summed E-state index contributed by atoms with van der Waals surface area (Å²) in [5.41, 5.74) is 1.59. The Labute approximate surface area is 188 Å². The van der Waals surface area contributed by atoms with Crippen LogP contribution in [0.2, 0.25) is 0 Å². The van der Waals surface area contributed by atoms with Gasteiger partial charge in [0.15, 0.2) is 0 Å². The summed E-state index contributed by atoms with van der Waals surface area (Å²) in [4.78, 5) is 13.0. The molecule has 170 valence electrons. The van der Waals surface area contributed by atoms with Gasteiger partial charge in [-0.1, -0.05) is 36.4 Å². The number of carbonyl (C=O) groups excluding carboxylic acids is 1. The Morgan fingerprint density at radius 2 is 1.91 bits per heavy atom. The van der Waals surface area contributed by atoms with Crippen LogP contribution in [0.1, 0.15) is 29.6 Å². The second-order valence-electron chi connectivity index (χ2n) is 8.31. The molecule has 0 spiro atoms. The van der Waals surface area contributed by atoms with Crippen molar-refractivity contribution < 1.29 is 17.9 Å². The Kier molecular flexibility index (Phi) is 6.93. The van der Waals surface area contributed by atoms with Gasteiger partial charge in [-0.15, -0.1) is 0 Å². The van der Waals surface area contributed by atoms with Crippen LogP contribution in [0, 0.1) is 5.92 Å². The van der Waals surface area contributed by atoms with E-state index in [1.54, 1.807) is 30.3 Å². The van der Waals surface area contributed by atoms with E-state index in [0.29, 0.717) is 25.1 Å². The highest BCUT2D eigenvalue weighted by Crippen LogP contribution is 2.23. The van der Waals surface area contributed by atoms with E-state index in [1.165, 1.54) is 0 Å². The van der Waals surface area contributed by atoms with E-state index in [1.807, 2.05) is 42.1 Å². The van der Waals surface area contributed by atoms with Crippen LogP contribution in [0.4, 0.5) is 0 Å². The van der Waals surface area contributed by atoms with Gasteiger partial charge in [-0.05, 0) is 49.9 Å². The third-order valence-corrected chi connectivity index (χ3v) is 7.49. The maximum Gasteiger partial charge on any atom is 0.340 e. The molecule has 1 saturated heterocycles.